The zero-order chi connectivity index (χ0) is 13.3. The van der Waals surface area contributed by atoms with Crippen molar-refractivity contribution < 1.29 is 0 Å². The van der Waals surface area contributed by atoms with Crippen LogP contribution < -0.4 is 0 Å². The number of likely N-dealkylation sites (tertiary alicyclic amines) is 1. The lowest BCUT2D eigenvalue weighted by Crippen LogP contribution is -2.38. The standard InChI is InChI=1S/C16H24IN/c1-11-5-12(2)9-18(8-11)10-15-6-14(4)16(17)7-13(15)3/h6-7,11-12H,5,8-10H2,1-4H3. The van der Waals surface area contributed by atoms with E-state index in [9.17, 15) is 0 Å². The average molecular weight is 357 g/mol. The number of hydrogen-bond donors (Lipinski definition) is 0. The van der Waals surface area contributed by atoms with Gasteiger partial charge in [0, 0.05) is 23.2 Å². The van der Waals surface area contributed by atoms with Gasteiger partial charge in [-0.1, -0.05) is 19.9 Å². The summed E-state index contributed by atoms with van der Waals surface area (Å²) >= 11 is 2.43. The van der Waals surface area contributed by atoms with E-state index < -0.39 is 0 Å². The van der Waals surface area contributed by atoms with Crippen molar-refractivity contribution in [3.05, 3.63) is 32.4 Å². The van der Waals surface area contributed by atoms with Gasteiger partial charge in [0.2, 0.25) is 0 Å². The van der Waals surface area contributed by atoms with E-state index >= 15 is 0 Å². The molecule has 2 unspecified atom stereocenters. The zero-order valence-electron chi connectivity index (χ0n) is 12.0. The Hall–Kier alpha value is -0.0900. The molecule has 1 nitrogen and oxygen atoms in total. The third-order valence-electron chi connectivity index (χ3n) is 3.96. The molecule has 1 aliphatic rings. The van der Waals surface area contributed by atoms with Gasteiger partial charge in [-0.05, 0) is 77.5 Å². The summed E-state index contributed by atoms with van der Waals surface area (Å²) in [5.74, 6) is 1.69. The molecule has 1 aromatic rings. The molecule has 2 atom stereocenters. The van der Waals surface area contributed by atoms with E-state index in [0.29, 0.717) is 0 Å². The smallest absolute Gasteiger partial charge is 0.0236 e. The number of hydrogen-bond acceptors (Lipinski definition) is 1. The van der Waals surface area contributed by atoms with E-state index in [2.05, 4.69) is 67.3 Å². The molecule has 0 saturated carbocycles. The van der Waals surface area contributed by atoms with E-state index in [4.69, 9.17) is 0 Å². The van der Waals surface area contributed by atoms with Gasteiger partial charge in [0.15, 0.2) is 0 Å². The van der Waals surface area contributed by atoms with Crippen molar-refractivity contribution in [2.75, 3.05) is 13.1 Å². The van der Waals surface area contributed by atoms with Crippen LogP contribution in [-0.4, -0.2) is 18.0 Å². The SMILES string of the molecule is Cc1cc(CN2CC(C)CC(C)C2)c(C)cc1I. The molecule has 0 N–H and O–H groups in total. The zero-order valence-corrected chi connectivity index (χ0v) is 14.1. The molecule has 0 spiro atoms. The monoisotopic (exact) mass is 357 g/mol. The normalized spacial score (nSPS) is 25.4. The lowest BCUT2D eigenvalue weighted by atomic mass is 9.91. The van der Waals surface area contributed by atoms with Crippen LogP contribution in [0.3, 0.4) is 0 Å². The Bertz CT molecular complexity index is 417. The van der Waals surface area contributed by atoms with Gasteiger partial charge in [-0.3, -0.25) is 4.90 Å². The highest BCUT2D eigenvalue weighted by Gasteiger charge is 2.22. The molecule has 1 aliphatic heterocycles. The lowest BCUT2D eigenvalue weighted by Gasteiger charge is -2.35. The van der Waals surface area contributed by atoms with Crippen molar-refractivity contribution in [2.45, 2.75) is 40.7 Å². The minimum Gasteiger partial charge on any atom is -0.299 e. The maximum atomic E-state index is 2.63. The highest BCUT2D eigenvalue weighted by Crippen LogP contribution is 2.24. The largest absolute Gasteiger partial charge is 0.299 e. The van der Waals surface area contributed by atoms with Crippen molar-refractivity contribution in [2.24, 2.45) is 11.8 Å². The predicted octanol–water partition coefficient (Wildman–Crippen LogP) is 4.39. The van der Waals surface area contributed by atoms with Crippen molar-refractivity contribution in [3.8, 4) is 0 Å². The summed E-state index contributed by atoms with van der Waals surface area (Å²) in [4.78, 5) is 2.63. The fourth-order valence-corrected chi connectivity index (χ4v) is 3.80. The third-order valence-corrected chi connectivity index (χ3v) is 5.12. The molecule has 1 aromatic carbocycles. The van der Waals surface area contributed by atoms with Crippen LogP contribution in [0.2, 0.25) is 0 Å². The fourth-order valence-electron chi connectivity index (χ4n) is 3.17. The van der Waals surface area contributed by atoms with Crippen LogP contribution >= 0.6 is 22.6 Å². The van der Waals surface area contributed by atoms with Gasteiger partial charge in [-0.25, -0.2) is 0 Å². The molecular formula is C16H24IN. The number of nitrogens with zero attached hydrogens (tertiary/aromatic N) is 1. The topological polar surface area (TPSA) is 3.24 Å². The fraction of sp³-hybridized carbons (Fsp3) is 0.625. The first kappa shape index (κ1) is 14.3. The average Bonchev–Trinajstić information content (AvgIpc) is 2.24. The van der Waals surface area contributed by atoms with Crippen LogP contribution in [0.25, 0.3) is 0 Å². The summed E-state index contributed by atoms with van der Waals surface area (Å²) in [6, 6.07) is 4.70. The molecule has 0 bridgehead atoms. The van der Waals surface area contributed by atoms with Crippen molar-refractivity contribution in [1.29, 1.82) is 0 Å². The van der Waals surface area contributed by atoms with Crippen LogP contribution in [-0.2, 0) is 6.54 Å². The van der Waals surface area contributed by atoms with Gasteiger partial charge in [-0.2, -0.15) is 0 Å². The van der Waals surface area contributed by atoms with E-state index in [1.165, 1.54) is 39.8 Å². The van der Waals surface area contributed by atoms with Gasteiger partial charge in [-0.15, -0.1) is 0 Å². The first-order valence-electron chi connectivity index (χ1n) is 6.93. The van der Waals surface area contributed by atoms with Crippen LogP contribution in [0.4, 0.5) is 0 Å². The maximum absolute atomic E-state index is 2.63. The summed E-state index contributed by atoms with van der Waals surface area (Å²) in [6.07, 6.45) is 1.39. The molecule has 0 aliphatic carbocycles. The molecule has 18 heavy (non-hydrogen) atoms. The van der Waals surface area contributed by atoms with E-state index in [-0.39, 0.29) is 0 Å². The van der Waals surface area contributed by atoms with Gasteiger partial charge in [0.25, 0.3) is 0 Å². The lowest BCUT2D eigenvalue weighted by molar-refractivity contribution is 0.134. The quantitative estimate of drug-likeness (QED) is 0.710. The Morgan fingerprint density at radius 1 is 1.11 bits per heavy atom. The molecule has 1 saturated heterocycles. The maximum Gasteiger partial charge on any atom is 0.0236 e. The summed E-state index contributed by atoms with van der Waals surface area (Å²) in [6.45, 7) is 12.9. The van der Waals surface area contributed by atoms with E-state index in [1.807, 2.05) is 0 Å². The molecule has 2 rings (SSSR count). The summed E-state index contributed by atoms with van der Waals surface area (Å²) in [7, 11) is 0. The van der Waals surface area contributed by atoms with Gasteiger partial charge in [0.1, 0.15) is 0 Å². The second-order valence-electron chi connectivity index (χ2n) is 6.17. The van der Waals surface area contributed by atoms with Crippen LogP contribution in [0.15, 0.2) is 12.1 Å². The minimum atomic E-state index is 0.846. The first-order valence-corrected chi connectivity index (χ1v) is 8.01. The molecule has 100 valence electrons. The molecule has 0 amide bonds. The molecule has 2 heteroatoms. The molecule has 1 fully saturated rings. The first-order chi connectivity index (χ1) is 8.45. The Kier molecular flexibility index (Phi) is 4.70. The number of rotatable bonds is 2. The van der Waals surface area contributed by atoms with Crippen LogP contribution in [0.5, 0.6) is 0 Å². The number of piperidine rings is 1. The van der Waals surface area contributed by atoms with E-state index in [1.54, 1.807) is 0 Å². The molecule has 0 radical (unpaired) electrons. The second-order valence-corrected chi connectivity index (χ2v) is 7.33. The number of halogens is 1. The Morgan fingerprint density at radius 3 is 2.33 bits per heavy atom. The minimum absolute atomic E-state index is 0.846. The number of aryl methyl sites for hydroxylation is 2. The van der Waals surface area contributed by atoms with Gasteiger partial charge < -0.3 is 0 Å². The summed E-state index contributed by atoms with van der Waals surface area (Å²) in [5.41, 5.74) is 4.36. The molecule has 1 heterocycles. The van der Waals surface area contributed by atoms with Crippen molar-refractivity contribution in [3.63, 3.8) is 0 Å². The van der Waals surface area contributed by atoms with Crippen molar-refractivity contribution in [1.82, 2.24) is 4.90 Å². The Labute approximate surface area is 125 Å². The van der Waals surface area contributed by atoms with Crippen LogP contribution in [0, 0.1) is 29.3 Å². The van der Waals surface area contributed by atoms with Crippen molar-refractivity contribution >= 4 is 22.6 Å². The molecular weight excluding hydrogens is 333 g/mol. The Morgan fingerprint density at radius 2 is 1.72 bits per heavy atom. The summed E-state index contributed by atoms with van der Waals surface area (Å²) in [5, 5.41) is 0. The third kappa shape index (κ3) is 3.47. The van der Waals surface area contributed by atoms with Crippen LogP contribution in [0.1, 0.15) is 37.0 Å². The van der Waals surface area contributed by atoms with E-state index in [0.717, 1.165) is 18.4 Å². The second kappa shape index (κ2) is 5.91. The number of benzene rings is 1. The van der Waals surface area contributed by atoms with Gasteiger partial charge in [0.05, 0.1) is 0 Å². The Balaban J connectivity index is 2.11. The summed E-state index contributed by atoms with van der Waals surface area (Å²) < 4.78 is 1.38. The predicted molar refractivity (Wildman–Crippen MR) is 86.9 cm³/mol. The molecule has 0 aromatic heterocycles. The highest BCUT2D eigenvalue weighted by atomic mass is 127. The highest BCUT2D eigenvalue weighted by molar-refractivity contribution is 14.1. The van der Waals surface area contributed by atoms with Gasteiger partial charge >= 0.3 is 0 Å².